The third-order valence-corrected chi connectivity index (χ3v) is 4.92. The molecule has 0 heterocycles. The normalized spacial score (nSPS) is 15.7. The Morgan fingerprint density at radius 3 is 2.68 bits per heavy atom. The first-order chi connectivity index (χ1) is 9.08. The van der Waals surface area contributed by atoms with Crippen molar-refractivity contribution in [1.29, 1.82) is 0 Å². The van der Waals surface area contributed by atoms with Crippen LogP contribution in [0.1, 0.15) is 36.0 Å². The number of amides is 1. The van der Waals surface area contributed by atoms with Gasteiger partial charge in [-0.3, -0.25) is 4.79 Å². The van der Waals surface area contributed by atoms with Gasteiger partial charge < -0.3 is 10.6 Å². The Bertz CT molecular complexity index is 453. The first-order valence-electron chi connectivity index (χ1n) is 6.82. The van der Waals surface area contributed by atoms with Crippen molar-refractivity contribution in [3.63, 3.8) is 0 Å². The van der Waals surface area contributed by atoms with Crippen LogP contribution in [0, 0.1) is 5.92 Å². The molecule has 19 heavy (non-hydrogen) atoms. The molecule has 0 bridgehead atoms. The van der Waals surface area contributed by atoms with Crippen LogP contribution in [0.3, 0.4) is 0 Å². The summed E-state index contributed by atoms with van der Waals surface area (Å²) in [6.07, 6.45) is 5.40. The van der Waals surface area contributed by atoms with E-state index in [-0.39, 0.29) is 5.91 Å². The van der Waals surface area contributed by atoms with Crippen LogP contribution in [0.4, 0.5) is 5.69 Å². The molecule has 1 amide bonds. The highest BCUT2D eigenvalue weighted by Crippen LogP contribution is 2.33. The van der Waals surface area contributed by atoms with Crippen LogP contribution in [0.15, 0.2) is 23.1 Å². The smallest absolute Gasteiger partial charge is 0.253 e. The number of hydrogen-bond donors (Lipinski definition) is 1. The summed E-state index contributed by atoms with van der Waals surface area (Å²) in [5.41, 5.74) is 7.50. The molecular formula is C15H22N2OS. The van der Waals surface area contributed by atoms with E-state index in [1.807, 2.05) is 12.1 Å². The van der Waals surface area contributed by atoms with E-state index in [1.165, 1.54) is 25.7 Å². The number of nitrogen functional groups attached to an aromatic ring is 1. The fourth-order valence-electron chi connectivity index (χ4n) is 2.44. The quantitative estimate of drug-likeness (QED) is 0.679. The summed E-state index contributed by atoms with van der Waals surface area (Å²) < 4.78 is 0. The molecule has 0 atom stereocenters. The Kier molecular flexibility index (Phi) is 4.75. The molecule has 1 aliphatic rings. The summed E-state index contributed by atoms with van der Waals surface area (Å²) in [5, 5.41) is 0. The first-order valence-corrected chi connectivity index (χ1v) is 7.80. The van der Waals surface area contributed by atoms with Gasteiger partial charge in [-0.1, -0.05) is 12.8 Å². The number of benzene rings is 1. The zero-order valence-electron chi connectivity index (χ0n) is 11.7. The molecule has 0 unspecified atom stereocenters. The van der Waals surface area contributed by atoms with Crippen LogP contribution >= 0.6 is 11.8 Å². The second-order valence-corrected chi connectivity index (χ2v) is 6.48. The molecule has 1 fully saturated rings. The molecule has 1 aromatic carbocycles. The molecule has 0 saturated heterocycles. The minimum atomic E-state index is 0.0303. The van der Waals surface area contributed by atoms with E-state index < -0.39 is 0 Å². The number of hydrogen-bond acceptors (Lipinski definition) is 3. The molecule has 0 spiro atoms. The number of carbonyl (C=O) groups is 1. The van der Waals surface area contributed by atoms with Crippen molar-refractivity contribution in [3.8, 4) is 0 Å². The van der Waals surface area contributed by atoms with Crippen LogP contribution < -0.4 is 5.73 Å². The van der Waals surface area contributed by atoms with Gasteiger partial charge in [0, 0.05) is 36.0 Å². The van der Waals surface area contributed by atoms with E-state index in [4.69, 9.17) is 5.73 Å². The molecular weight excluding hydrogens is 256 g/mol. The Labute approximate surface area is 119 Å². The summed E-state index contributed by atoms with van der Waals surface area (Å²) in [6, 6.07) is 5.57. The maximum absolute atomic E-state index is 11.9. The van der Waals surface area contributed by atoms with E-state index in [2.05, 4.69) is 0 Å². The number of nitrogens with two attached hydrogens (primary N) is 1. The van der Waals surface area contributed by atoms with E-state index in [9.17, 15) is 4.79 Å². The fraction of sp³-hybridized carbons (Fsp3) is 0.533. The molecule has 104 valence electrons. The fourth-order valence-corrected chi connectivity index (χ4v) is 3.63. The Hall–Kier alpha value is -1.16. The molecule has 3 nitrogen and oxygen atoms in total. The van der Waals surface area contributed by atoms with Gasteiger partial charge in [0.05, 0.1) is 0 Å². The standard InChI is InChI=1S/C15H22N2OS/c1-17(2)15(18)12-7-8-13(16)14(9-12)19-10-11-5-3-4-6-11/h7-9,11H,3-6,10,16H2,1-2H3. The van der Waals surface area contributed by atoms with E-state index in [1.54, 1.807) is 36.8 Å². The Morgan fingerprint density at radius 1 is 1.37 bits per heavy atom. The summed E-state index contributed by atoms with van der Waals surface area (Å²) >= 11 is 1.79. The van der Waals surface area contributed by atoms with Crippen molar-refractivity contribution >= 4 is 23.4 Å². The third kappa shape index (κ3) is 3.66. The van der Waals surface area contributed by atoms with E-state index >= 15 is 0 Å². The molecule has 0 aromatic heterocycles. The molecule has 4 heteroatoms. The molecule has 1 saturated carbocycles. The lowest BCUT2D eigenvalue weighted by atomic mass is 10.1. The lowest BCUT2D eigenvalue weighted by Crippen LogP contribution is -2.21. The van der Waals surface area contributed by atoms with E-state index in [0.29, 0.717) is 5.56 Å². The SMILES string of the molecule is CN(C)C(=O)c1ccc(N)c(SCC2CCCC2)c1. The van der Waals surface area contributed by atoms with Gasteiger partial charge in [0.15, 0.2) is 0 Å². The van der Waals surface area contributed by atoms with Crippen LogP contribution in [-0.2, 0) is 0 Å². The zero-order chi connectivity index (χ0) is 13.8. The summed E-state index contributed by atoms with van der Waals surface area (Å²) in [5.74, 6) is 1.96. The molecule has 2 rings (SSSR count). The number of thioether (sulfide) groups is 1. The first kappa shape index (κ1) is 14.3. The van der Waals surface area contributed by atoms with Crippen molar-refractivity contribution in [2.75, 3.05) is 25.6 Å². The van der Waals surface area contributed by atoms with Gasteiger partial charge in [0.25, 0.3) is 5.91 Å². The van der Waals surface area contributed by atoms with Gasteiger partial charge in [-0.2, -0.15) is 0 Å². The maximum Gasteiger partial charge on any atom is 0.253 e. The largest absolute Gasteiger partial charge is 0.398 e. The summed E-state index contributed by atoms with van der Waals surface area (Å²) in [7, 11) is 3.54. The molecule has 0 aliphatic heterocycles. The molecule has 2 N–H and O–H groups in total. The average Bonchev–Trinajstić information content (AvgIpc) is 2.90. The van der Waals surface area contributed by atoms with Crippen molar-refractivity contribution in [3.05, 3.63) is 23.8 Å². The van der Waals surface area contributed by atoms with Gasteiger partial charge in [0.1, 0.15) is 0 Å². The topological polar surface area (TPSA) is 46.3 Å². The van der Waals surface area contributed by atoms with E-state index in [0.717, 1.165) is 22.3 Å². The van der Waals surface area contributed by atoms with Crippen LogP contribution in [0.25, 0.3) is 0 Å². The number of anilines is 1. The van der Waals surface area contributed by atoms with Crippen molar-refractivity contribution in [2.45, 2.75) is 30.6 Å². The molecule has 1 aliphatic carbocycles. The minimum absolute atomic E-state index is 0.0303. The minimum Gasteiger partial charge on any atom is -0.398 e. The van der Waals surface area contributed by atoms with Gasteiger partial charge in [-0.25, -0.2) is 0 Å². The van der Waals surface area contributed by atoms with Crippen LogP contribution in [-0.4, -0.2) is 30.7 Å². The highest BCUT2D eigenvalue weighted by molar-refractivity contribution is 7.99. The Balaban J connectivity index is 2.06. The summed E-state index contributed by atoms with van der Waals surface area (Å²) in [4.78, 5) is 14.6. The van der Waals surface area contributed by atoms with Gasteiger partial charge in [-0.15, -0.1) is 11.8 Å². The zero-order valence-corrected chi connectivity index (χ0v) is 12.5. The average molecular weight is 278 g/mol. The second kappa shape index (κ2) is 6.33. The monoisotopic (exact) mass is 278 g/mol. The lowest BCUT2D eigenvalue weighted by Gasteiger charge is -2.14. The van der Waals surface area contributed by atoms with Crippen LogP contribution in [0.5, 0.6) is 0 Å². The van der Waals surface area contributed by atoms with Crippen molar-refractivity contribution < 1.29 is 4.79 Å². The van der Waals surface area contributed by atoms with Crippen molar-refractivity contribution in [2.24, 2.45) is 5.92 Å². The lowest BCUT2D eigenvalue weighted by molar-refractivity contribution is 0.0827. The second-order valence-electron chi connectivity index (χ2n) is 5.41. The number of nitrogens with zero attached hydrogens (tertiary/aromatic N) is 1. The van der Waals surface area contributed by atoms with Crippen LogP contribution in [0.2, 0.25) is 0 Å². The predicted octanol–water partition coefficient (Wildman–Crippen LogP) is 3.25. The predicted molar refractivity (Wildman–Crippen MR) is 81.6 cm³/mol. The highest BCUT2D eigenvalue weighted by atomic mass is 32.2. The maximum atomic E-state index is 11.9. The Morgan fingerprint density at radius 2 is 2.05 bits per heavy atom. The molecule has 0 radical (unpaired) electrons. The third-order valence-electron chi connectivity index (χ3n) is 3.62. The highest BCUT2D eigenvalue weighted by Gasteiger charge is 2.16. The van der Waals surface area contributed by atoms with Gasteiger partial charge in [0.2, 0.25) is 0 Å². The van der Waals surface area contributed by atoms with Gasteiger partial charge in [-0.05, 0) is 37.0 Å². The summed E-state index contributed by atoms with van der Waals surface area (Å²) in [6.45, 7) is 0. The van der Waals surface area contributed by atoms with Crippen molar-refractivity contribution in [1.82, 2.24) is 4.90 Å². The van der Waals surface area contributed by atoms with Gasteiger partial charge >= 0.3 is 0 Å². The number of rotatable bonds is 4. The number of carbonyl (C=O) groups excluding carboxylic acids is 1. The molecule has 1 aromatic rings.